The van der Waals surface area contributed by atoms with Crippen LogP contribution >= 0.6 is 0 Å². The van der Waals surface area contributed by atoms with Crippen molar-refractivity contribution in [2.75, 3.05) is 33.4 Å². The number of aliphatic hydroxyl groups is 5. The van der Waals surface area contributed by atoms with Crippen LogP contribution in [0.3, 0.4) is 0 Å². The highest BCUT2D eigenvalue weighted by molar-refractivity contribution is 5.76. The molecular formula is C40H55N3O8. The molecule has 51 heavy (non-hydrogen) atoms. The lowest BCUT2D eigenvalue weighted by atomic mass is 9.91. The number of hydrogen-bond donors (Lipinski definition) is 6. The third kappa shape index (κ3) is 10.1. The van der Waals surface area contributed by atoms with Gasteiger partial charge in [-0.15, -0.1) is 0 Å². The van der Waals surface area contributed by atoms with Gasteiger partial charge in [-0.05, 0) is 91.3 Å². The van der Waals surface area contributed by atoms with E-state index in [0.717, 1.165) is 49.0 Å². The molecule has 2 aliphatic carbocycles. The second-order valence-electron chi connectivity index (χ2n) is 14.3. The number of aliphatic hydroxyl groups excluding tert-OH is 5. The Morgan fingerprint density at radius 1 is 1.04 bits per heavy atom. The number of para-hydroxylation sites is 1. The third-order valence-corrected chi connectivity index (χ3v) is 10.3. The van der Waals surface area contributed by atoms with E-state index >= 15 is 0 Å². The van der Waals surface area contributed by atoms with Crippen LogP contribution in [0.2, 0.25) is 0 Å². The minimum atomic E-state index is -1.75. The van der Waals surface area contributed by atoms with Crippen LogP contribution in [-0.4, -0.2) is 105 Å². The van der Waals surface area contributed by atoms with E-state index in [1.54, 1.807) is 0 Å². The monoisotopic (exact) mass is 705 g/mol. The van der Waals surface area contributed by atoms with Crippen LogP contribution in [-0.2, 0) is 21.6 Å². The molecule has 278 valence electrons. The summed E-state index contributed by atoms with van der Waals surface area (Å²) in [6.07, 6.45) is 3.46. The number of carbonyl (C=O) groups is 1. The van der Waals surface area contributed by atoms with Gasteiger partial charge in [-0.2, -0.15) is 0 Å². The molecule has 0 aliphatic heterocycles. The maximum atomic E-state index is 13.2. The number of benzene rings is 2. The van der Waals surface area contributed by atoms with E-state index in [1.165, 1.54) is 34.3 Å². The summed E-state index contributed by atoms with van der Waals surface area (Å²) in [6.45, 7) is 4.43. The van der Waals surface area contributed by atoms with Crippen LogP contribution in [0.5, 0.6) is 5.75 Å². The Kier molecular flexibility index (Phi) is 13.6. The molecule has 2 aromatic carbocycles. The molecule has 2 aliphatic rings. The first-order chi connectivity index (χ1) is 24.6. The van der Waals surface area contributed by atoms with Crippen molar-refractivity contribution < 1.29 is 39.8 Å². The highest BCUT2D eigenvalue weighted by Gasteiger charge is 2.46. The number of aromatic nitrogens is 1. The molecule has 1 aromatic heterocycles. The standard InChI is InChI=1S/C40H55N3O8/c1-26(7-6-10-37(47)43(19-20-50-3)24-34(45)38(48)39(49)35(46)25-44)28-12-11-27(2)29(21-28)22-42-40(16-17-40)33-23-41-18-15-31(33)32-8-4-5-9-36(32)51-30-13-14-30/h4-5,8-9,11-12,15,18,21,23,26,30,34-35,38-39,42,44-46,48-49H,6-7,10,13-14,16-17,19-20,22,24-25H2,1-3H3/t26?,34-,35+,38+,39+/m0/s1. The molecule has 1 unspecified atom stereocenters. The van der Waals surface area contributed by atoms with E-state index in [9.17, 15) is 25.2 Å². The average Bonchev–Trinajstić information content (AvgIpc) is 4.09. The number of amides is 1. The van der Waals surface area contributed by atoms with Gasteiger partial charge in [-0.25, -0.2) is 0 Å². The van der Waals surface area contributed by atoms with Crippen LogP contribution in [0, 0.1) is 6.92 Å². The lowest BCUT2D eigenvalue weighted by molar-refractivity contribution is -0.140. The molecule has 3 aromatic rings. The maximum absolute atomic E-state index is 13.2. The van der Waals surface area contributed by atoms with E-state index in [0.29, 0.717) is 19.1 Å². The van der Waals surface area contributed by atoms with Gasteiger partial charge in [0, 0.05) is 56.7 Å². The topological polar surface area (TPSA) is 165 Å². The van der Waals surface area contributed by atoms with Gasteiger partial charge in [-0.3, -0.25) is 9.78 Å². The molecular weight excluding hydrogens is 650 g/mol. The van der Waals surface area contributed by atoms with Gasteiger partial charge in [0.25, 0.3) is 0 Å². The van der Waals surface area contributed by atoms with Crippen molar-refractivity contribution in [3.8, 4) is 16.9 Å². The molecule has 11 nitrogen and oxygen atoms in total. The zero-order valence-corrected chi connectivity index (χ0v) is 30.1. The molecule has 2 saturated carbocycles. The SMILES string of the molecule is COCCN(C[C@H](O)[C@@H](O)[C@H](O)[C@H](O)CO)C(=O)CCCC(C)c1ccc(C)c(CNC2(c3cnccc3-c3ccccc3OC3CC3)CC2)c1. The average molecular weight is 706 g/mol. The van der Waals surface area contributed by atoms with Crippen molar-refractivity contribution >= 4 is 5.91 Å². The molecule has 6 N–H and O–H groups in total. The summed E-state index contributed by atoms with van der Waals surface area (Å²) >= 11 is 0. The van der Waals surface area contributed by atoms with Crippen LogP contribution in [0.4, 0.5) is 0 Å². The van der Waals surface area contributed by atoms with Crippen molar-refractivity contribution in [2.24, 2.45) is 0 Å². The van der Waals surface area contributed by atoms with Gasteiger partial charge in [0.2, 0.25) is 5.91 Å². The van der Waals surface area contributed by atoms with Gasteiger partial charge in [0.1, 0.15) is 30.2 Å². The number of nitrogens with one attached hydrogen (secondary N) is 1. The zero-order valence-electron chi connectivity index (χ0n) is 30.1. The Morgan fingerprint density at radius 2 is 1.78 bits per heavy atom. The first kappa shape index (κ1) is 38.8. The zero-order chi connectivity index (χ0) is 36.5. The summed E-state index contributed by atoms with van der Waals surface area (Å²) in [5, 5.41) is 53.3. The van der Waals surface area contributed by atoms with Crippen molar-refractivity contribution in [2.45, 2.75) is 107 Å². The Balaban J connectivity index is 1.18. The Morgan fingerprint density at radius 3 is 2.49 bits per heavy atom. The summed E-state index contributed by atoms with van der Waals surface area (Å²) < 4.78 is 11.4. The van der Waals surface area contributed by atoms with Crippen LogP contribution < -0.4 is 10.1 Å². The van der Waals surface area contributed by atoms with Gasteiger partial charge in [0.15, 0.2) is 0 Å². The van der Waals surface area contributed by atoms with Gasteiger partial charge < -0.3 is 45.2 Å². The van der Waals surface area contributed by atoms with Gasteiger partial charge >= 0.3 is 0 Å². The van der Waals surface area contributed by atoms with E-state index in [1.807, 2.05) is 18.5 Å². The number of hydrogen-bond acceptors (Lipinski definition) is 10. The molecule has 0 saturated heterocycles. The number of pyridine rings is 1. The van der Waals surface area contributed by atoms with Crippen LogP contribution in [0.25, 0.3) is 11.1 Å². The quantitative estimate of drug-likeness (QED) is 0.0966. The third-order valence-electron chi connectivity index (χ3n) is 10.3. The maximum Gasteiger partial charge on any atom is 0.222 e. The normalized spacial score (nSPS) is 18.0. The molecule has 11 heteroatoms. The van der Waals surface area contributed by atoms with E-state index in [2.05, 4.69) is 66.6 Å². The number of aryl methyl sites for hydroxylation is 1. The fourth-order valence-electron chi connectivity index (χ4n) is 6.59. The highest BCUT2D eigenvalue weighted by Crippen LogP contribution is 2.50. The predicted molar refractivity (Wildman–Crippen MR) is 194 cm³/mol. The fourth-order valence-corrected chi connectivity index (χ4v) is 6.59. The van der Waals surface area contributed by atoms with Crippen molar-refractivity contribution in [3.63, 3.8) is 0 Å². The summed E-state index contributed by atoms with van der Waals surface area (Å²) in [6, 6.07) is 17.0. The summed E-state index contributed by atoms with van der Waals surface area (Å²) in [5.74, 6) is 0.925. The molecule has 1 amide bonds. The largest absolute Gasteiger partial charge is 0.490 e. The smallest absolute Gasteiger partial charge is 0.222 e. The lowest BCUT2D eigenvalue weighted by Crippen LogP contribution is -2.51. The van der Waals surface area contributed by atoms with Crippen molar-refractivity contribution in [3.05, 3.63) is 83.2 Å². The number of rotatable bonds is 21. The minimum Gasteiger partial charge on any atom is -0.490 e. The highest BCUT2D eigenvalue weighted by atomic mass is 16.5. The minimum absolute atomic E-state index is 0.153. The van der Waals surface area contributed by atoms with Crippen LogP contribution in [0.15, 0.2) is 60.9 Å². The fraction of sp³-hybridized carbons (Fsp3) is 0.550. The van der Waals surface area contributed by atoms with E-state index in [-0.39, 0.29) is 43.5 Å². The second-order valence-corrected chi connectivity index (χ2v) is 14.3. The Bertz CT molecular complexity index is 1580. The number of methoxy groups -OCH3 is 1. The number of carbonyl (C=O) groups excluding carboxylic acids is 1. The van der Waals surface area contributed by atoms with Crippen LogP contribution in [0.1, 0.15) is 80.0 Å². The molecule has 1 heterocycles. The number of ether oxygens (including phenoxy) is 2. The molecule has 0 spiro atoms. The Labute approximate surface area is 301 Å². The van der Waals surface area contributed by atoms with Crippen molar-refractivity contribution in [1.82, 2.24) is 15.2 Å². The summed E-state index contributed by atoms with van der Waals surface area (Å²) in [5.41, 5.74) is 6.96. The molecule has 0 radical (unpaired) electrons. The molecule has 5 atom stereocenters. The first-order valence-corrected chi connectivity index (χ1v) is 18.2. The first-order valence-electron chi connectivity index (χ1n) is 18.2. The molecule has 2 fully saturated rings. The van der Waals surface area contributed by atoms with Gasteiger partial charge in [-0.1, -0.05) is 43.3 Å². The lowest BCUT2D eigenvalue weighted by Gasteiger charge is -2.30. The predicted octanol–water partition coefficient (Wildman–Crippen LogP) is 3.56. The van der Waals surface area contributed by atoms with E-state index in [4.69, 9.17) is 14.6 Å². The van der Waals surface area contributed by atoms with Crippen molar-refractivity contribution in [1.29, 1.82) is 0 Å². The number of nitrogens with zero attached hydrogens (tertiary/aromatic N) is 2. The molecule has 5 rings (SSSR count). The summed E-state index contributed by atoms with van der Waals surface area (Å²) in [7, 11) is 1.51. The van der Waals surface area contributed by atoms with E-state index < -0.39 is 31.0 Å². The Hall–Kier alpha value is -3.42. The second kappa shape index (κ2) is 17.9. The summed E-state index contributed by atoms with van der Waals surface area (Å²) in [4.78, 5) is 19.1. The molecule has 0 bridgehead atoms. The van der Waals surface area contributed by atoms with Gasteiger partial charge in [0.05, 0.1) is 19.3 Å².